The lowest BCUT2D eigenvalue weighted by Crippen LogP contribution is -2.05. The molecule has 0 saturated carbocycles. The highest BCUT2D eigenvalue weighted by Gasteiger charge is 2.16. The number of benzene rings is 2. The fourth-order valence-electron chi connectivity index (χ4n) is 2.34. The van der Waals surface area contributed by atoms with Crippen LogP contribution in [0.3, 0.4) is 0 Å². The molecule has 118 valence electrons. The number of aliphatic carboxylic acids is 1. The molecule has 0 bridgehead atoms. The van der Waals surface area contributed by atoms with E-state index in [0.29, 0.717) is 6.42 Å². The Kier molecular flexibility index (Phi) is 7.76. The molecule has 2 aromatic rings. The molecule has 1 atom stereocenters. The lowest BCUT2D eigenvalue weighted by Gasteiger charge is -2.18. The van der Waals surface area contributed by atoms with E-state index in [4.69, 9.17) is 9.84 Å². The second kappa shape index (κ2) is 9.61. The van der Waals surface area contributed by atoms with Gasteiger partial charge in [-0.2, -0.15) is 0 Å². The van der Waals surface area contributed by atoms with Gasteiger partial charge in [0.25, 0.3) is 0 Å². The van der Waals surface area contributed by atoms with E-state index in [9.17, 15) is 4.79 Å². The number of rotatable bonds is 6. The van der Waals surface area contributed by atoms with E-state index in [2.05, 4.69) is 0 Å². The third kappa shape index (κ3) is 5.24. The van der Waals surface area contributed by atoms with Gasteiger partial charge in [-0.3, -0.25) is 4.79 Å². The third-order valence-electron chi connectivity index (χ3n) is 3.34. The third-order valence-corrected chi connectivity index (χ3v) is 3.34. The van der Waals surface area contributed by atoms with Crippen molar-refractivity contribution in [2.45, 2.75) is 32.6 Å². The minimum absolute atomic E-state index is 0.0717. The Hall–Kier alpha value is -2.29. The summed E-state index contributed by atoms with van der Waals surface area (Å²) < 4.78 is 5.25. The van der Waals surface area contributed by atoms with Crippen LogP contribution in [0.15, 0.2) is 54.6 Å². The quantitative estimate of drug-likeness (QED) is 0.839. The van der Waals surface area contributed by atoms with Crippen LogP contribution >= 0.6 is 0 Å². The Morgan fingerprint density at radius 3 is 2.27 bits per heavy atom. The topological polar surface area (TPSA) is 46.5 Å². The minimum Gasteiger partial charge on any atom is -0.497 e. The van der Waals surface area contributed by atoms with Gasteiger partial charge in [0.05, 0.1) is 7.11 Å². The van der Waals surface area contributed by atoms with Crippen molar-refractivity contribution in [3.8, 4) is 5.75 Å². The predicted molar refractivity (Wildman–Crippen MR) is 89.5 cm³/mol. The minimum atomic E-state index is -0.770. The van der Waals surface area contributed by atoms with E-state index in [1.165, 1.54) is 0 Å². The smallest absolute Gasteiger partial charge is 0.303 e. The molecule has 2 rings (SSSR count). The summed E-state index contributed by atoms with van der Waals surface area (Å²) in [6.07, 6.45) is 0.725. The van der Waals surface area contributed by atoms with Crippen LogP contribution in [-0.2, 0) is 4.79 Å². The molecular formula is C19H24O3. The van der Waals surface area contributed by atoms with Gasteiger partial charge in [-0.1, -0.05) is 56.3 Å². The Labute approximate surface area is 132 Å². The molecule has 0 fully saturated rings. The van der Waals surface area contributed by atoms with Crippen LogP contribution in [0.4, 0.5) is 0 Å². The van der Waals surface area contributed by atoms with Crippen molar-refractivity contribution in [3.63, 3.8) is 0 Å². The summed E-state index contributed by atoms with van der Waals surface area (Å²) in [5.74, 6) is 0.0926. The molecule has 0 saturated heterocycles. The van der Waals surface area contributed by atoms with Crippen LogP contribution in [-0.4, -0.2) is 18.2 Å². The highest BCUT2D eigenvalue weighted by Crippen LogP contribution is 2.31. The summed E-state index contributed by atoms with van der Waals surface area (Å²) in [5, 5.41) is 8.93. The van der Waals surface area contributed by atoms with Gasteiger partial charge in [0.2, 0.25) is 0 Å². The van der Waals surface area contributed by atoms with E-state index in [1.807, 2.05) is 68.4 Å². The summed E-state index contributed by atoms with van der Waals surface area (Å²) in [6, 6.07) is 17.8. The van der Waals surface area contributed by atoms with Crippen LogP contribution in [0.2, 0.25) is 0 Å². The first-order chi connectivity index (χ1) is 10.7. The number of hydrogen-bond acceptors (Lipinski definition) is 2. The average Bonchev–Trinajstić information content (AvgIpc) is 2.58. The summed E-state index contributed by atoms with van der Waals surface area (Å²) in [5.41, 5.74) is 2.21. The van der Waals surface area contributed by atoms with Gasteiger partial charge in [-0.25, -0.2) is 0 Å². The van der Waals surface area contributed by atoms with Crippen LogP contribution in [0.1, 0.15) is 43.7 Å². The number of methoxy groups -OCH3 is 1. The van der Waals surface area contributed by atoms with Gasteiger partial charge in [0.1, 0.15) is 5.75 Å². The molecule has 0 aliphatic carbocycles. The lowest BCUT2D eigenvalue weighted by molar-refractivity contribution is -0.137. The van der Waals surface area contributed by atoms with Gasteiger partial charge in [0, 0.05) is 12.3 Å². The zero-order valence-electron chi connectivity index (χ0n) is 13.5. The molecule has 3 nitrogen and oxygen atoms in total. The van der Waals surface area contributed by atoms with Gasteiger partial charge in [-0.05, 0) is 29.7 Å². The molecule has 22 heavy (non-hydrogen) atoms. The Bertz CT molecular complexity index is 564. The molecule has 0 heterocycles. The first kappa shape index (κ1) is 17.8. The van der Waals surface area contributed by atoms with Crippen molar-refractivity contribution in [2.75, 3.05) is 7.11 Å². The van der Waals surface area contributed by atoms with Crippen molar-refractivity contribution in [1.29, 1.82) is 0 Å². The molecule has 0 amide bonds. The van der Waals surface area contributed by atoms with E-state index in [0.717, 1.165) is 16.9 Å². The van der Waals surface area contributed by atoms with Gasteiger partial charge in [0.15, 0.2) is 0 Å². The summed E-state index contributed by atoms with van der Waals surface area (Å²) >= 11 is 0. The second-order valence-electron chi connectivity index (χ2n) is 4.67. The SMILES string of the molecule is CC.COc1cccc(C(CCC(=O)O)c2ccccc2)c1. The number of ether oxygens (including phenoxy) is 1. The molecular weight excluding hydrogens is 276 g/mol. The van der Waals surface area contributed by atoms with E-state index < -0.39 is 5.97 Å². The summed E-state index contributed by atoms with van der Waals surface area (Å²) in [4.78, 5) is 10.9. The van der Waals surface area contributed by atoms with E-state index in [-0.39, 0.29) is 12.3 Å². The monoisotopic (exact) mass is 300 g/mol. The molecule has 0 aromatic heterocycles. The Morgan fingerprint density at radius 1 is 1.05 bits per heavy atom. The zero-order valence-corrected chi connectivity index (χ0v) is 13.5. The molecule has 3 heteroatoms. The highest BCUT2D eigenvalue weighted by atomic mass is 16.5. The Balaban J connectivity index is 0.00000116. The van der Waals surface area contributed by atoms with Crippen LogP contribution in [0, 0.1) is 0 Å². The average molecular weight is 300 g/mol. The van der Waals surface area contributed by atoms with Crippen LogP contribution in [0.25, 0.3) is 0 Å². The fourth-order valence-corrected chi connectivity index (χ4v) is 2.34. The van der Waals surface area contributed by atoms with Gasteiger partial charge < -0.3 is 9.84 Å². The molecule has 1 unspecified atom stereocenters. The van der Waals surface area contributed by atoms with Crippen molar-refractivity contribution in [2.24, 2.45) is 0 Å². The standard InChI is InChI=1S/C17H18O3.C2H6/c1-20-15-9-5-8-14(12-15)16(10-11-17(18)19)13-6-3-2-4-7-13;1-2/h2-9,12,16H,10-11H2,1H3,(H,18,19);1-2H3. The number of carboxylic acids is 1. The van der Waals surface area contributed by atoms with Gasteiger partial charge >= 0.3 is 5.97 Å². The van der Waals surface area contributed by atoms with Crippen molar-refractivity contribution >= 4 is 5.97 Å². The lowest BCUT2D eigenvalue weighted by atomic mass is 9.87. The number of carboxylic acid groups (broad SMARTS) is 1. The van der Waals surface area contributed by atoms with E-state index in [1.54, 1.807) is 7.11 Å². The van der Waals surface area contributed by atoms with Crippen molar-refractivity contribution < 1.29 is 14.6 Å². The first-order valence-electron chi connectivity index (χ1n) is 7.61. The van der Waals surface area contributed by atoms with Crippen LogP contribution in [0.5, 0.6) is 5.75 Å². The Morgan fingerprint density at radius 2 is 1.68 bits per heavy atom. The number of hydrogen-bond donors (Lipinski definition) is 1. The van der Waals surface area contributed by atoms with Crippen molar-refractivity contribution in [3.05, 3.63) is 65.7 Å². The summed E-state index contributed by atoms with van der Waals surface area (Å²) in [7, 11) is 1.63. The maximum atomic E-state index is 10.9. The highest BCUT2D eigenvalue weighted by molar-refractivity contribution is 5.66. The predicted octanol–water partition coefficient (Wildman–Crippen LogP) is 4.72. The first-order valence-corrected chi connectivity index (χ1v) is 7.61. The maximum Gasteiger partial charge on any atom is 0.303 e. The molecule has 2 aromatic carbocycles. The molecule has 0 radical (unpaired) electrons. The normalized spacial score (nSPS) is 11.0. The molecule has 0 aliphatic heterocycles. The zero-order chi connectivity index (χ0) is 16.4. The summed E-state index contributed by atoms with van der Waals surface area (Å²) in [6.45, 7) is 4.00. The number of carbonyl (C=O) groups is 1. The fraction of sp³-hybridized carbons (Fsp3) is 0.316. The molecule has 0 aliphatic rings. The molecule has 0 spiro atoms. The second-order valence-corrected chi connectivity index (χ2v) is 4.67. The maximum absolute atomic E-state index is 10.9. The molecule has 1 N–H and O–H groups in total. The van der Waals surface area contributed by atoms with Crippen LogP contribution < -0.4 is 4.74 Å². The van der Waals surface area contributed by atoms with E-state index >= 15 is 0 Å². The van der Waals surface area contributed by atoms with Gasteiger partial charge in [-0.15, -0.1) is 0 Å². The van der Waals surface area contributed by atoms with Crippen molar-refractivity contribution in [1.82, 2.24) is 0 Å². The largest absolute Gasteiger partial charge is 0.497 e.